The molecular weight excluding hydrogens is 254 g/mol. The predicted molar refractivity (Wildman–Crippen MR) is 79.5 cm³/mol. The molecule has 2 heterocycles. The number of piperidine rings is 1. The van der Waals surface area contributed by atoms with Crippen molar-refractivity contribution >= 4 is 5.91 Å². The SMILES string of the molecule is CC1CCCN(C(=O)CN2CC(O)CC2CN(C)C)C1. The lowest BCUT2D eigenvalue weighted by molar-refractivity contribution is -0.134. The third kappa shape index (κ3) is 4.17. The Bertz CT molecular complexity index is 335. The minimum Gasteiger partial charge on any atom is -0.392 e. The van der Waals surface area contributed by atoms with E-state index in [1.54, 1.807) is 0 Å². The van der Waals surface area contributed by atoms with Crippen molar-refractivity contribution in [3.05, 3.63) is 0 Å². The molecule has 2 aliphatic heterocycles. The minimum atomic E-state index is -0.284. The molecule has 3 unspecified atom stereocenters. The second-order valence-electron chi connectivity index (χ2n) is 6.82. The number of aliphatic hydroxyl groups is 1. The van der Waals surface area contributed by atoms with Gasteiger partial charge in [0.1, 0.15) is 0 Å². The van der Waals surface area contributed by atoms with Gasteiger partial charge in [-0.25, -0.2) is 0 Å². The molecule has 20 heavy (non-hydrogen) atoms. The zero-order chi connectivity index (χ0) is 14.7. The first-order chi connectivity index (χ1) is 9.45. The Morgan fingerprint density at radius 3 is 2.75 bits per heavy atom. The minimum absolute atomic E-state index is 0.231. The summed E-state index contributed by atoms with van der Waals surface area (Å²) in [7, 11) is 4.08. The van der Waals surface area contributed by atoms with E-state index in [0.29, 0.717) is 25.0 Å². The fraction of sp³-hybridized carbons (Fsp3) is 0.933. The smallest absolute Gasteiger partial charge is 0.236 e. The van der Waals surface area contributed by atoms with Crippen LogP contribution in [0.15, 0.2) is 0 Å². The molecule has 0 radical (unpaired) electrons. The van der Waals surface area contributed by atoms with Gasteiger partial charge in [-0.15, -0.1) is 0 Å². The van der Waals surface area contributed by atoms with Gasteiger partial charge in [-0.2, -0.15) is 0 Å². The first kappa shape index (κ1) is 15.7. The monoisotopic (exact) mass is 283 g/mol. The molecule has 3 atom stereocenters. The van der Waals surface area contributed by atoms with Crippen LogP contribution in [0, 0.1) is 5.92 Å². The maximum absolute atomic E-state index is 12.4. The largest absolute Gasteiger partial charge is 0.392 e. The van der Waals surface area contributed by atoms with Crippen LogP contribution in [0.25, 0.3) is 0 Å². The van der Waals surface area contributed by atoms with Crippen molar-refractivity contribution in [2.24, 2.45) is 5.92 Å². The molecule has 1 N–H and O–H groups in total. The van der Waals surface area contributed by atoms with Crippen molar-refractivity contribution in [2.45, 2.75) is 38.3 Å². The molecule has 0 aromatic rings. The summed E-state index contributed by atoms with van der Waals surface area (Å²) >= 11 is 0. The molecule has 5 heteroatoms. The Kier molecular flexibility index (Phi) is 5.41. The summed E-state index contributed by atoms with van der Waals surface area (Å²) in [4.78, 5) is 18.7. The third-order valence-electron chi connectivity index (χ3n) is 4.43. The van der Waals surface area contributed by atoms with Gasteiger partial charge in [-0.1, -0.05) is 6.92 Å². The van der Waals surface area contributed by atoms with Gasteiger partial charge in [0.25, 0.3) is 0 Å². The van der Waals surface area contributed by atoms with Crippen LogP contribution in [0.4, 0.5) is 0 Å². The molecule has 0 aromatic heterocycles. The fourth-order valence-electron chi connectivity index (χ4n) is 3.45. The molecule has 2 fully saturated rings. The van der Waals surface area contributed by atoms with Crippen LogP contribution in [0.5, 0.6) is 0 Å². The van der Waals surface area contributed by atoms with Crippen LogP contribution in [-0.4, -0.2) is 84.7 Å². The summed E-state index contributed by atoms with van der Waals surface area (Å²) in [5.41, 5.74) is 0. The summed E-state index contributed by atoms with van der Waals surface area (Å²) in [5.74, 6) is 0.851. The van der Waals surface area contributed by atoms with E-state index in [1.165, 1.54) is 6.42 Å². The number of carbonyl (C=O) groups excluding carboxylic acids is 1. The molecule has 2 saturated heterocycles. The number of rotatable bonds is 4. The summed E-state index contributed by atoms with van der Waals surface area (Å²) in [6, 6.07) is 0.297. The molecule has 1 amide bonds. The number of amides is 1. The molecule has 0 aliphatic carbocycles. The maximum atomic E-state index is 12.4. The number of β-amino-alcohol motifs (C(OH)–C–C–N with tert-alkyl or cyclic N) is 1. The summed E-state index contributed by atoms with van der Waals surface area (Å²) in [6.45, 7) is 6.01. The topological polar surface area (TPSA) is 47.0 Å². The molecule has 0 aromatic carbocycles. The first-order valence-corrected chi connectivity index (χ1v) is 7.80. The summed E-state index contributed by atoms with van der Waals surface area (Å²) < 4.78 is 0. The van der Waals surface area contributed by atoms with E-state index in [4.69, 9.17) is 0 Å². The number of hydrogen-bond donors (Lipinski definition) is 1. The molecule has 2 rings (SSSR count). The Morgan fingerprint density at radius 2 is 2.10 bits per heavy atom. The lowest BCUT2D eigenvalue weighted by Gasteiger charge is -2.33. The van der Waals surface area contributed by atoms with E-state index < -0.39 is 0 Å². The Balaban J connectivity index is 1.88. The Hall–Kier alpha value is -0.650. The van der Waals surface area contributed by atoms with Gasteiger partial charge in [0.05, 0.1) is 12.6 Å². The van der Waals surface area contributed by atoms with E-state index in [0.717, 1.165) is 32.5 Å². The van der Waals surface area contributed by atoms with E-state index in [2.05, 4.69) is 16.7 Å². The Labute approximate surface area is 122 Å². The van der Waals surface area contributed by atoms with Crippen LogP contribution in [0.2, 0.25) is 0 Å². The standard InChI is InChI=1S/C15H29N3O2/c1-12-5-4-6-17(8-12)15(20)11-18-10-14(19)7-13(18)9-16(2)3/h12-14,19H,4-11H2,1-3H3. The van der Waals surface area contributed by atoms with E-state index >= 15 is 0 Å². The van der Waals surface area contributed by atoms with Crippen molar-refractivity contribution in [2.75, 3.05) is 46.8 Å². The third-order valence-corrected chi connectivity index (χ3v) is 4.43. The second-order valence-corrected chi connectivity index (χ2v) is 6.82. The zero-order valence-corrected chi connectivity index (χ0v) is 13.1. The van der Waals surface area contributed by atoms with Gasteiger partial charge >= 0.3 is 0 Å². The lowest BCUT2D eigenvalue weighted by atomic mass is 10.0. The number of carbonyl (C=O) groups is 1. The van der Waals surface area contributed by atoms with Crippen molar-refractivity contribution in [1.29, 1.82) is 0 Å². The summed E-state index contributed by atoms with van der Waals surface area (Å²) in [6.07, 6.45) is 2.85. The van der Waals surface area contributed by atoms with Crippen molar-refractivity contribution in [1.82, 2.24) is 14.7 Å². The van der Waals surface area contributed by atoms with Gasteiger partial charge in [-0.05, 0) is 39.3 Å². The summed E-state index contributed by atoms with van der Waals surface area (Å²) in [5, 5.41) is 9.86. The predicted octanol–water partition coefficient (Wildman–Crippen LogP) is 0.242. The van der Waals surface area contributed by atoms with E-state index in [9.17, 15) is 9.90 Å². The number of hydrogen-bond acceptors (Lipinski definition) is 4. The average molecular weight is 283 g/mol. The van der Waals surface area contributed by atoms with Crippen LogP contribution < -0.4 is 0 Å². The number of aliphatic hydroxyl groups excluding tert-OH is 1. The number of nitrogens with zero attached hydrogens (tertiary/aromatic N) is 3. The lowest BCUT2D eigenvalue weighted by Crippen LogP contribution is -2.47. The second kappa shape index (κ2) is 6.87. The highest BCUT2D eigenvalue weighted by Gasteiger charge is 2.33. The molecule has 116 valence electrons. The molecule has 2 aliphatic rings. The first-order valence-electron chi connectivity index (χ1n) is 7.80. The van der Waals surface area contributed by atoms with Crippen LogP contribution in [0.3, 0.4) is 0 Å². The molecular formula is C15H29N3O2. The molecule has 0 bridgehead atoms. The zero-order valence-electron chi connectivity index (χ0n) is 13.1. The quantitative estimate of drug-likeness (QED) is 0.803. The number of likely N-dealkylation sites (tertiary alicyclic amines) is 2. The molecule has 5 nitrogen and oxygen atoms in total. The van der Waals surface area contributed by atoms with Gasteiger partial charge in [0, 0.05) is 32.2 Å². The molecule has 0 saturated carbocycles. The Morgan fingerprint density at radius 1 is 1.35 bits per heavy atom. The average Bonchev–Trinajstić information content (AvgIpc) is 2.68. The van der Waals surface area contributed by atoms with Crippen LogP contribution in [-0.2, 0) is 4.79 Å². The van der Waals surface area contributed by atoms with Gasteiger partial charge in [-0.3, -0.25) is 9.69 Å². The van der Waals surface area contributed by atoms with Crippen molar-refractivity contribution in [3.8, 4) is 0 Å². The highest BCUT2D eigenvalue weighted by Crippen LogP contribution is 2.20. The maximum Gasteiger partial charge on any atom is 0.236 e. The highest BCUT2D eigenvalue weighted by molar-refractivity contribution is 5.78. The number of likely N-dealkylation sites (N-methyl/N-ethyl adjacent to an activating group) is 1. The molecule has 0 spiro atoms. The van der Waals surface area contributed by atoms with Crippen molar-refractivity contribution in [3.63, 3.8) is 0 Å². The van der Waals surface area contributed by atoms with Crippen LogP contribution >= 0.6 is 0 Å². The van der Waals surface area contributed by atoms with Gasteiger partial charge in [0.15, 0.2) is 0 Å². The highest BCUT2D eigenvalue weighted by atomic mass is 16.3. The van der Waals surface area contributed by atoms with Crippen LogP contribution in [0.1, 0.15) is 26.2 Å². The van der Waals surface area contributed by atoms with Gasteiger partial charge < -0.3 is 14.9 Å². The fourth-order valence-corrected chi connectivity index (χ4v) is 3.45. The van der Waals surface area contributed by atoms with Crippen molar-refractivity contribution < 1.29 is 9.90 Å². The van der Waals surface area contributed by atoms with E-state index in [-0.39, 0.29) is 12.0 Å². The van der Waals surface area contributed by atoms with Gasteiger partial charge in [0.2, 0.25) is 5.91 Å². The van der Waals surface area contributed by atoms with E-state index in [1.807, 2.05) is 19.0 Å². The normalized spacial score (nSPS) is 32.0.